The molecule has 0 atom stereocenters. The van der Waals surface area contributed by atoms with Gasteiger partial charge in [0, 0.05) is 110 Å². The SMILES string of the molecule is CC(C)Cc1cc(-c2[c-]cc3c(c2)-c2ccccc2[Si]3(C)C)ncc1[Si](C)(C)c1ccccc1.CCn1c2c[c-]c(-c3cc(-c4ccccc4)c([Si](C)(C)C)cn3)cc2c2ccccc21.C[Si](C)(C)c1cnc(-c2[c-]cc3c(c2)-c2ccccc2[Si]3(c2ccccc2)c2ccccc2)cc1-c1ccccc1.Cc1cccnc1-c1[c-]cccc1.Cc1cccnc1-c1[c-]cccc1.Cc1cccnc1-c1[c-]cccc1.[Ir].[Ir].[Ir]. The second-order valence-corrected chi connectivity index (χ2v) is 63.6. The van der Waals surface area contributed by atoms with Crippen LogP contribution in [-0.2, 0) is 73.3 Å². The van der Waals surface area contributed by atoms with Crippen molar-refractivity contribution >= 4 is 114 Å². The van der Waals surface area contributed by atoms with E-state index in [0.29, 0.717) is 5.92 Å². The minimum Gasteiger partial charge on any atom is -0.381 e. The Morgan fingerprint density at radius 3 is 1.13 bits per heavy atom. The maximum Gasteiger partial charge on any atom is 0.136 e. The summed E-state index contributed by atoms with van der Waals surface area (Å²) in [5.41, 5.74) is 30.5. The van der Waals surface area contributed by atoms with E-state index in [1.165, 1.54) is 140 Å². The Morgan fingerprint density at radius 2 is 0.689 bits per heavy atom. The van der Waals surface area contributed by atoms with Gasteiger partial charge in [-0.2, -0.15) is 0 Å². The first-order chi connectivity index (χ1) is 70.3. The van der Waals surface area contributed by atoms with Crippen LogP contribution in [0.4, 0.5) is 0 Å². The van der Waals surface area contributed by atoms with E-state index in [-0.39, 0.29) is 60.3 Å². The van der Waals surface area contributed by atoms with Gasteiger partial charge in [0.1, 0.15) is 16.1 Å². The van der Waals surface area contributed by atoms with E-state index in [2.05, 4.69) is 479 Å². The van der Waals surface area contributed by atoms with Crippen LogP contribution < -0.4 is 51.9 Å². The molecule has 3 radical (unpaired) electrons. The van der Waals surface area contributed by atoms with Gasteiger partial charge in [-0.1, -0.05) is 394 Å². The number of para-hydroxylation sites is 1. The molecular weight excluding hydrogens is 2410 g/mol. The molecule has 21 aromatic rings. The first-order valence-corrected chi connectivity index (χ1v) is 65.5. The van der Waals surface area contributed by atoms with Crippen LogP contribution in [0.2, 0.25) is 65.5 Å². The Morgan fingerprint density at radius 1 is 0.311 bits per heavy atom. The molecule has 0 bridgehead atoms. The second-order valence-electron chi connectivity index (χ2n) is 41.1. The van der Waals surface area contributed by atoms with Gasteiger partial charge in [-0.15, -0.1) is 189 Å². The smallest absolute Gasteiger partial charge is 0.136 e. The Hall–Kier alpha value is -13.2. The number of hydrogen-bond acceptors (Lipinski definition) is 6. The third-order valence-electron chi connectivity index (χ3n) is 28.1. The summed E-state index contributed by atoms with van der Waals surface area (Å²) in [5.74, 6) is 0.595. The molecule has 2 aliphatic rings. The van der Waals surface area contributed by atoms with Crippen molar-refractivity contribution in [2.45, 2.75) is 120 Å². The summed E-state index contributed by atoms with van der Waals surface area (Å²) in [6.45, 7) is 38.1. The fourth-order valence-electron chi connectivity index (χ4n) is 20.7. The third kappa shape index (κ3) is 23.6. The number of aromatic nitrogens is 7. The quantitative estimate of drug-likeness (QED) is 0.0667. The topological polar surface area (TPSA) is 82.3 Å². The molecule has 148 heavy (non-hydrogen) atoms. The molecule has 7 nitrogen and oxygen atoms in total. The van der Waals surface area contributed by atoms with Gasteiger partial charge in [0.25, 0.3) is 0 Å². The molecule has 2 aliphatic heterocycles. The number of nitrogens with zero attached hydrogens (tertiary/aromatic N) is 7. The van der Waals surface area contributed by atoms with Gasteiger partial charge in [0.15, 0.2) is 0 Å². The zero-order chi connectivity index (χ0) is 101. The summed E-state index contributed by atoms with van der Waals surface area (Å²) < 4.78 is 2.36. The molecule has 743 valence electrons. The van der Waals surface area contributed by atoms with Crippen molar-refractivity contribution in [1.29, 1.82) is 0 Å². The van der Waals surface area contributed by atoms with E-state index in [1.807, 2.05) is 110 Å². The number of aryl methyl sites for hydroxylation is 4. The summed E-state index contributed by atoms with van der Waals surface area (Å²) in [5, 5.41) is 16.9. The first-order valence-electron chi connectivity index (χ1n) is 50.5. The fourth-order valence-corrected chi connectivity index (χ4v) is 34.4. The zero-order valence-electron chi connectivity index (χ0n) is 87.0. The van der Waals surface area contributed by atoms with Gasteiger partial charge in [-0.25, -0.2) is 0 Å². The van der Waals surface area contributed by atoms with E-state index in [1.54, 1.807) is 0 Å². The van der Waals surface area contributed by atoms with Crippen LogP contribution in [0.15, 0.2) is 425 Å². The van der Waals surface area contributed by atoms with E-state index in [9.17, 15) is 0 Å². The van der Waals surface area contributed by atoms with Gasteiger partial charge in [0.05, 0.1) is 24.2 Å². The van der Waals surface area contributed by atoms with Crippen molar-refractivity contribution in [3.8, 4) is 112 Å². The molecule has 0 saturated carbocycles. The first kappa shape index (κ1) is 109. The molecule has 15 heteroatoms. The van der Waals surface area contributed by atoms with E-state index in [4.69, 9.17) is 15.0 Å². The second kappa shape index (κ2) is 48.4. The van der Waals surface area contributed by atoms with Crippen LogP contribution in [0.25, 0.3) is 134 Å². The van der Waals surface area contributed by atoms with Crippen LogP contribution in [0.3, 0.4) is 0 Å². The molecule has 0 saturated heterocycles. The number of hydrogen-bond donors (Lipinski definition) is 0. The maximum atomic E-state index is 5.05. The number of pyridine rings is 6. The number of fused-ring (bicyclic) bond motifs is 9. The molecule has 0 fully saturated rings. The molecule has 0 aliphatic carbocycles. The number of benzene rings is 14. The zero-order valence-corrected chi connectivity index (χ0v) is 99.2. The predicted molar refractivity (Wildman–Crippen MR) is 627 cm³/mol. The predicted octanol–water partition coefficient (Wildman–Crippen LogP) is 26.9. The standard InChI is InChI=1S/C38H32NSi2.C31H34NSi2.C28H27N2Si.3C12H10N.3Ir/c1-40(2,3)38-27-39-35(26-33(38)28-15-7-4-8-16-28)29-23-24-37-34(25-29)32-21-13-14-22-36(32)41(37,30-17-9-5-10-18-30)31-19-11-6-12-20-31;1-22(2)18-24-20-28(32-21-31(24)33(3,4)25-12-8-7-9-13-25)23-16-17-30-27(19-23)26-14-10-11-15-29(26)34(30,5)6;1-5-30-26-14-10-9-13-22(26)24-17-21(15-16-27(24)30)25-18-23(20-11-7-6-8-12-20)28(19-29-25)31(2,3)4;3*1-10-6-5-9-13-12(10)11-7-3-2-4-8-11;;;/h4-22,24-27H,1-3H3;7-15,17,19-22H,18H2,1-6H3;6-14,16-19H,5H2,1-4H3;3*2-7,9H,1H3;;;/q6*-1;;;. The third-order valence-corrected chi connectivity index (χ3v) is 44.1. The van der Waals surface area contributed by atoms with E-state index < -0.39 is 40.4 Å². The molecule has 7 aromatic heterocycles. The molecule has 9 heterocycles. The molecule has 0 spiro atoms. The Labute approximate surface area is 922 Å². The molecular formula is C133H123Ir3N7Si5-6. The van der Waals surface area contributed by atoms with Gasteiger partial charge >= 0.3 is 0 Å². The minimum atomic E-state index is -2.49. The van der Waals surface area contributed by atoms with E-state index in [0.717, 1.165) is 80.5 Å². The molecule has 14 aromatic carbocycles. The van der Waals surface area contributed by atoms with Gasteiger partial charge in [-0.05, 0) is 163 Å². The van der Waals surface area contributed by atoms with Crippen LogP contribution in [-0.4, -0.2) is 74.8 Å². The Balaban J connectivity index is 0.000000140. The molecule has 23 rings (SSSR count). The summed E-state index contributed by atoms with van der Waals surface area (Å²) in [6, 6.07) is 158. The van der Waals surface area contributed by atoms with Crippen molar-refractivity contribution in [3.05, 3.63) is 484 Å². The normalized spacial score (nSPS) is 12.1. The van der Waals surface area contributed by atoms with Crippen molar-refractivity contribution in [2.24, 2.45) is 5.92 Å². The molecule has 0 unspecified atom stereocenters. The van der Waals surface area contributed by atoms with Gasteiger partial charge < -0.3 is 34.5 Å². The average Bonchev–Trinajstić information content (AvgIpc) is 1.53. The summed E-state index contributed by atoms with van der Waals surface area (Å²) in [6.07, 6.45) is 12.9. The van der Waals surface area contributed by atoms with Crippen molar-refractivity contribution < 1.29 is 60.3 Å². The molecule has 0 amide bonds. The van der Waals surface area contributed by atoms with Crippen molar-refractivity contribution in [3.63, 3.8) is 0 Å². The van der Waals surface area contributed by atoms with Crippen molar-refractivity contribution in [1.82, 2.24) is 34.5 Å². The van der Waals surface area contributed by atoms with Gasteiger partial charge in [0.2, 0.25) is 0 Å². The molecule has 0 N–H and O–H groups in total. The van der Waals surface area contributed by atoms with E-state index >= 15 is 0 Å². The summed E-state index contributed by atoms with van der Waals surface area (Å²) >= 11 is 0. The van der Waals surface area contributed by atoms with Crippen LogP contribution in [0.5, 0.6) is 0 Å². The number of rotatable bonds is 17. The van der Waals surface area contributed by atoms with Crippen molar-refractivity contribution in [2.75, 3.05) is 0 Å². The largest absolute Gasteiger partial charge is 0.381 e. The monoisotopic (exact) mass is 2540 g/mol. The Kier molecular flexibility index (Phi) is 35.7. The van der Waals surface area contributed by atoms with Crippen LogP contribution >= 0.6 is 0 Å². The fraction of sp³-hybridized carbons (Fsp3) is 0.143. The van der Waals surface area contributed by atoms with Crippen LogP contribution in [0, 0.1) is 63.1 Å². The Bertz CT molecular complexity index is 7860. The average molecular weight is 2540 g/mol. The summed E-state index contributed by atoms with van der Waals surface area (Å²) in [4.78, 5) is 28.0. The van der Waals surface area contributed by atoms with Crippen LogP contribution in [0.1, 0.15) is 43.0 Å². The maximum absolute atomic E-state index is 5.05. The summed E-state index contributed by atoms with van der Waals surface area (Å²) in [7, 11) is -9.14. The minimum absolute atomic E-state index is 0. The van der Waals surface area contributed by atoms with Gasteiger partial charge in [-0.3, -0.25) is 0 Å².